The van der Waals surface area contributed by atoms with Crippen LogP contribution in [0.2, 0.25) is 0 Å². The summed E-state index contributed by atoms with van der Waals surface area (Å²) in [5, 5.41) is 3.11. The fourth-order valence-electron chi connectivity index (χ4n) is 5.75. The number of aryl methyl sites for hydroxylation is 4. The Balaban J connectivity index is 0.000000307. The summed E-state index contributed by atoms with van der Waals surface area (Å²) >= 11 is 0. The largest absolute Gasteiger partial charge is 2.00 e. The van der Waals surface area contributed by atoms with Crippen LogP contribution in [0.3, 0.4) is 0 Å². The molecule has 4 aromatic rings. The van der Waals surface area contributed by atoms with Crippen LogP contribution in [0.4, 0.5) is 0 Å². The molecule has 0 amide bonds. The van der Waals surface area contributed by atoms with Crippen LogP contribution in [0, 0.1) is 0 Å². The average molecular weight is 679 g/mol. The third kappa shape index (κ3) is 10.7. The molecular weight excluding hydrogens is 633 g/mol. The van der Waals surface area contributed by atoms with E-state index >= 15 is 0 Å². The van der Waals surface area contributed by atoms with Crippen LogP contribution in [0.25, 0.3) is 21.5 Å². The molecule has 45 heavy (non-hydrogen) atoms. The molecule has 4 rings (SSSR count). The van der Waals surface area contributed by atoms with E-state index < -0.39 is 20.2 Å². The first kappa shape index (κ1) is 39.7. The molecule has 0 radical (unpaired) electrons. The minimum absolute atomic E-state index is 0. The first-order valence-electron chi connectivity index (χ1n) is 16.0. The van der Waals surface area contributed by atoms with Gasteiger partial charge in [0.15, 0.2) is 0 Å². The van der Waals surface area contributed by atoms with E-state index in [-0.39, 0.29) is 47.5 Å². The molecule has 9 heteroatoms. The molecule has 0 N–H and O–H groups in total. The van der Waals surface area contributed by atoms with Gasteiger partial charge in [-0.25, -0.2) is 16.8 Å². The molecule has 6 nitrogen and oxygen atoms in total. The number of rotatable bonds is 14. The van der Waals surface area contributed by atoms with Crippen LogP contribution in [-0.4, -0.2) is 63.7 Å². The number of fused-ring (bicyclic) bond motifs is 2. The van der Waals surface area contributed by atoms with Gasteiger partial charge in [0.05, 0.1) is 9.79 Å². The first-order chi connectivity index (χ1) is 21.0. The second-order valence-electron chi connectivity index (χ2n) is 11.4. The first-order valence-corrected chi connectivity index (χ1v) is 18.8. The number of hydrogen-bond donors (Lipinski definition) is 0. The van der Waals surface area contributed by atoms with Gasteiger partial charge in [0, 0.05) is 10.8 Å². The molecule has 0 aliphatic carbocycles. The topological polar surface area (TPSA) is 114 Å². The number of benzene rings is 4. The van der Waals surface area contributed by atoms with Gasteiger partial charge in [-0.05, 0) is 96.5 Å². The third-order valence-corrected chi connectivity index (χ3v) is 9.85. The van der Waals surface area contributed by atoms with Gasteiger partial charge < -0.3 is 9.11 Å². The molecule has 0 aliphatic rings. The van der Waals surface area contributed by atoms with Gasteiger partial charge in [-0.1, -0.05) is 102 Å². The fourth-order valence-corrected chi connectivity index (χ4v) is 7.22. The standard InChI is InChI=1S/2C18H24O3S.Ca/c2*1-3-5-8-14-12-13-15(9-6-4-2)18-16(14)10-7-11-17(18)22(19,20)21;/h2*7,10-13H,3-6,8-9H2,1-2H3,(H,19,20,21);/q;;+2/p-2. The third-order valence-electron chi connectivity index (χ3n) is 8.10. The van der Waals surface area contributed by atoms with Gasteiger partial charge in [-0.15, -0.1) is 0 Å². The van der Waals surface area contributed by atoms with E-state index in [4.69, 9.17) is 0 Å². The zero-order valence-electron chi connectivity index (χ0n) is 27.2. The fraction of sp³-hybridized carbons (Fsp3) is 0.444. The van der Waals surface area contributed by atoms with Gasteiger partial charge in [-0.3, -0.25) is 0 Å². The van der Waals surface area contributed by atoms with Crippen molar-refractivity contribution in [2.24, 2.45) is 0 Å². The van der Waals surface area contributed by atoms with Crippen molar-refractivity contribution in [2.75, 3.05) is 0 Å². The molecule has 0 unspecified atom stereocenters. The van der Waals surface area contributed by atoms with E-state index in [1.165, 1.54) is 12.1 Å². The summed E-state index contributed by atoms with van der Waals surface area (Å²) in [6, 6.07) is 18.3. The van der Waals surface area contributed by atoms with E-state index in [0.29, 0.717) is 10.8 Å². The Morgan fingerprint density at radius 2 is 0.756 bits per heavy atom. The van der Waals surface area contributed by atoms with Crippen molar-refractivity contribution in [3.8, 4) is 0 Å². The van der Waals surface area contributed by atoms with Crippen LogP contribution in [0.1, 0.15) is 101 Å². The van der Waals surface area contributed by atoms with Gasteiger partial charge in [0.2, 0.25) is 0 Å². The van der Waals surface area contributed by atoms with Crippen molar-refractivity contribution in [1.82, 2.24) is 0 Å². The van der Waals surface area contributed by atoms with E-state index in [0.717, 1.165) is 110 Å². The monoisotopic (exact) mass is 678 g/mol. The minimum atomic E-state index is -4.46. The predicted octanol–water partition coefficient (Wildman–Crippen LogP) is 8.48. The summed E-state index contributed by atoms with van der Waals surface area (Å²) in [6.07, 6.45) is 11.7. The van der Waals surface area contributed by atoms with E-state index in [1.807, 2.05) is 24.3 Å². The van der Waals surface area contributed by atoms with Crippen LogP contribution in [-0.2, 0) is 45.9 Å². The Hall–Kier alpha value is -1.52. The van der Waals surface area contributed by atoms with Crippen molar-refractivity contribution in [3.63, 3.8) is 0 Å². The maximum absolute atomic E-state index is 11.6. The summed E-state index contributed by atoms with van der Waals surface area (Å²) in [5.74, 6) is 0. The van der Waals surface area contributed by atoms with Crippen molar-refractivity contribution < 1.29 is 25.9 Å². The molecule has 0 saturated carbocycles. The summed E-state index contributed by atoms with van der Waals surface area (Å²) in [4.78, 5) is -0.149. The van der Waals surface area contributed by atoms with Gasteiger partial charge in [-0.2, -0.15) is 0 Å². The van der Waals surface area contributed by atoms with Crippen molar-refractivity contribution in [2.45, 2.75) is 115 Å². The summed E-state index contributed by atoms with van der Waals surface area (Å²) in [7, 11) is -8.93. The molecule has 0 saturated heterocycles. The molecule has 0 fully saturated rings. The molecule has 4 aromatic carbocycles. The molecule has 0 bridgehead atoms. The number of hydrogen-bond acceptors (Lipinski definition) is 6. The molecule has 0 spiro atoms. The molecule has 0 aliphatic heterocycles. The smallest absolute Gasteiger partial charge is 0.744 e. The van der Waals surface area contributed by atoms with E-state index in [9.17, 15) is 25.9 Å². The molecule has 240 valence electrons. The maximum atomic E-state index is 11.6. The maximum Gasteiger partial charge on any atom is 2.00 e. The van der Waals surface area contributed by atoms with Crippen LogP contribution >= 0.6 is 0 Å². The predicted molar refractivity (Wildman–Crippen MR) is 184 cm³/mol. The Morgan fingerprint density at radius 1 is 0.467 bits per heavy atom. The summed E-state index contributed by atoms with van der Waals surface area (Å²) in [6.45, 7) is 8.46. The van der Waals surface area contributed by atoms with Gasteiger partial charge >= 0.3 is 37.7 Å². The van der Waals surface area contributed by atoms with Gasteiger partial charge in [0.1, 0.15) is 20.2 Å². The molecule has 0 aromatic heterocycles. The van der Waals surface area contributed by atoms with Gasteiger partial charge in [0.25, 0.3) is 0 Å². The van der Waals surface area contributed by atoms with Crippen molar-refractivity contribution in [3.05, 3.63) is 82.9 Å². The second-order valence-corrected chi connectivity index (χ2v) is 14.1. The van der Waals surface area contributed by atoms with Crippen molar-refractivity contribution >= 4 is 79.5 Å². The Bertz CT molecular complexity index is 1630. The van der Waals surface area contributed by atoms with Crippen LogP contribution in [0.15, 0.2) is 70.5 Å². The zero-order valence-corrected chi connectivity index (χ0v) is 31.1. The summed E-state index contributed by atoms with van der Waals surface area (Å²) in [5.41, 5.74) is 4.18. The average Bonchev–Trinajstić information content (AvgIpc) is 3.00. The normalized spacial score (nSPS) is 11.7. The number of unbranched alkanes of at least 4 members (excludes halogenated alkanes) is 4. The van der Waals surface area contributed by atoms with Crippen LogP contribution in [0.5, 0.6) is 0 Å². The van der Waals surface area contributed by atoms with Crippen molar-refractivity contribution in [1.29, 1.82) is 0 Å². The minimum Gasteiger partial charge on any atom is -0.744 e. The SMILES string of the molecule is CCCCc1ccc(CCCC)c2c(S(=O)(=O)[O-])cccc12.CCCCc1ccc(CCCC)c2c(S(=O)(=O)[O-])cccc12.[Ca+2]. The Labute approximate surface area is 300 Å². The van der Waals surface area contributed by atoms with Crippen LogP contribution < -0.4 is 0 Å². The second kappa shape index (κ2) is 18.7. The molecule has 0 heterocycles. The Morgan fingerprint density at radius 3 is 1.04 bits per heavy atom. The zero-order chi connectivity index (χ0) is 32.3. The van der Waals surface area contributed by atoms with E-state index in [1.54, 1.807) is 12.1 Å². The quantitative estimate of drug-likeness (QED) is 0.0976. The molecule has 0 atom stereocenters. The van der Waals surface area contributed by atoms with E-state index in [2.05, 4.69) is 39.8 Å². The summed E-state index contributed by atoms with van der Waals surface area (Å²) < 4.78 is 69.9. The molecular formula is C36H46CaO6S2. The Kier molecular flexibility index (Phi) is 16.5.